The first kappa shape index (κ1) is 11.0. The monoisotopic (exact) mass is 221 g/mol. The highest BCUT2D eigenvalue weighted by atomic mass is 16.3. The van der Waals surface area contributed by atoms with Gasteiger partial charge in [-0.25, -0.2) is 0 Å². The summed E-state index contributed by atoms with van der Waals surface area (Å²) in [5, 5.41) is 9.37. The molecular formula is C11H15N3O2. The second kappa shape index (κ2) is 4.59. The zero-order valence-corrected chi connectivity index (χ0v) is 8.97. The van der Waals surface area contributed by atoms with Gasteiger partial charge in [0.25, 0.3) is 5.91 Å². The maximum atomic E-state index is 12.0. The van der Waals surface area contributed by atoms with Crippen molar-refractivity contribution in [2.24, 2.45) is 5.73 Å². The largest absolute Gasteiger partial charge is 0.391 e. The normalized spacial score (nSPS) is 20.1. The Morgan fingerprint density at radius 3 is 3.12 bits per heavy atom. The number of β-amino-alcohol motifs (C(OH)–C–C–N with tert-alkyl or cyclic N) is 1. The summed E-state index contributed by atoms with van der Waals surface area (Å²) in [5.41, 5.74) is 6.75. The molecule has 1 aromatic rings. The summed E-state index contributed by atoms with van der Waals surface area (Å²) in [5.74, 6) is -0.0614. The van der Waals surface area contributed by atoms with Crippen LogP contribution in [0.4, 0.5) is 0 Å². The smallest absolute Gasteiger partial charge is 0.254 e. The van der Waals surface area contributed by atoms with E-state index in [4.69, 9.17) is 5.73 Å². The minimum atomic E-state index is -0.389. The van der Waals surface area contributed by atoms with Crippen LogP contribution in [0.1, 0.15) is 22.5 Å². The van der Waals surface area contributed by atoms with Crippen LogP contribution in [0.3, 0.4) is 0 Å². The van der Waals surface area contributed by atoms with Crippen molar-refractivity contribution in [1.82, 2.24) is 9.88 Å². The highest BCUT2D eigenvalue weighted by molar-refractivity contribution is 5.94. The summed E-state index contributed by atoms with van der Waals surface area (Å²) in [6.45, 7) is 1.35. The lowest BCUT2D eigenvalue weighted by atomic mass is 10.2. The van der Waals surface area contributed by atoms with Crippen LogP contribution in [0.25, 0.3) is 0 Å². The van der Waals surface area contributed by atoms with Crippen LogP contribution in [0.15, 0.2) is 18.3 Å². The summed E-state index contributed by atoms with van der Waals surface area (Å²) < 4.78 is 0. The fourth-order valence-electron chi connectivity index (χ4n) is 1.83. The molecule has 3 N–H and O–H groups in total. The van der Waals surface area contributed by atoms with E-state index in [1.807, 2.05) is 0 Å². The Kier molecular flexibility index (Phi) is 3.17. The Hall–Kier alpha value is -1.46. The quantitative estimate of drug-likeness (QED) is 0.721. The van der Waals surface area contributed by atoms with Gasteiger partial charge < -0.3 is 15.7 Å². The van der Waals surface area contributed by atoms with Gasteiger partial charge in [-0.15, -0.1) is 0 Å². The lowest BCUT2D eigenvalue weighted by Gasteiger charge is -2.15. The fourth-order valence-corrected chi connectivity index (χ4v) is 1.83. The number of amides is 1. The van der Waals surface area contributed by atoms with Gasteiger partial charge in [0, 0.05) is 31.4 Å². The number of aliphatic hydroxyl groups is 1. The van der Waals surface area contributed by atoms with Crippen molar-refractivity contribution in [1.29, 1.82) is 0 Å². The molecule has 86 valence electrons. The number of pyridine rings is 1. The Morgan fingerprint density at radius 1 is 1.69 bits per heavy atom. The molecule has 1 saturated heterocycles. The molecule has 1 amide bonds. The molecular weight excluding hydrogens is 206 g/mol. The number of aromatic nitrogens is 1. The van der Waals surface area contributed by atoms with Crippen LogP contribution in [0, 0.1) is 0 Å². The van der Waals surface area contributed by atoms with E-state index in [0.29, 0.717) is 37.3 Å². The molecule has 0 aliphatic carbocycles. The van der Waals surface area contributed by atoms with Crippen LogP contribution >= 0.6 is 0 Å². The molecule has 16 heavy (non-hydrogen) atoms. The molecule has 0 radical (unpaired) electrons. The van der Waals surface area contributed by atoms with E-state index in [0.717, 1.165) is 0 Å². The predicted molar refractivity (Wildman–Crippen MR) is 58.7 cm³/mol. The fraction of sp³-hybridized carbons (Fsp3) is 0.455. The standard InChI is InChI=1S/C11H15N3O2/c12-6-9-5-8(1-3-13-9)11(16)14-4-2-10(15)7-14/h1,3,5,10,15H,2,4,6-7,12H2/t10-/m1/s1. The molecule has 0 aromatic carbocycles. The number of rotatable bonds is 2. The zero-order chi connectivity index (χ0) is 11.5. The number of hydrogen-bond donors (Lipinski definition) is 2. The van der Waals surface area contributed by atoms with Crippen LogP contribution in [0.2, 0.25) is 0 Å². The van der Waals surface area contributed by atoms with Crippen molar-refractivity contribution in [2.75, 3.05) is 13.1 Å². The maximum Gasteiger partial charge on any atom is 0.254 e. The van der Waals surface area contributed by atoms with Crippen LogP contribution in [-0.2, 0) is 6.54 Å². The summed E-state index contributed by atoms with van der Waals surface area (Å²) >= 11 is 0. The van der Waals surface area contributed by atoms with Gasteiger partial charge in [-0.2, -0.15) is 0 Å². The average Bonchev–Trinajstić information content (AvgIpc) is 2.75. The number of nitrogens with two attached hydrogens (primary N) is 1. The first-order valence-corrected chi connectivity index (χ1v) is 5.33. The second-order valence-electron chi connectivity index (χ2n) is 3.93. The first-order valence-electron chi connectivity index (χ1n) is 5.33. The van der Waals surface area contributed by atoms with Crippen LogP contribution in [0.5, 0.6) is 0 Å². The Morgan fingerprint density at radius 2 is 2.50 bits per heavy atom. The Labute approximate surface area is 93.9 Å². The van der Waals surface area contributed by atoms with Crippen molar-refractivity contribution >= 4 is 5.91 Å². The minimum Gasteiger partial charge on any atom is -0.391 e. The second-order valence-corrected chi connectivity index (χ2v) is 3.93. The Bertz CT molecular complexity index is 395. The molecule has 5 nitrogen and oxygen atoms in total. The van der Waals surface area contributed by atoms with Crippen LogP contribution < -0.4 is 5.73 Å². The molecule has 1 aromatic heterocycles. The first-order chi connectivity index (χ1) is 7.70. The third kappa shape index (κ3) is 2.20. The van der Waals surface area contributed by atoms with Crippen molar-refractivity contribution in [3.05, 3.63) is 29.6 Å². The predicted octanol–water partition coefficient (Wildman–Crippen LogP) is -0.253. The highest BCUT2D eigenvalue weighted by Crippen LogP contribution is 2.13. The topological polar surface area (TPSA) is 79.5 Å². The molecule has 0 saturated carbocycles. The van der Waals surface area contributed by atoms with E-state index in [-0.39, 0.29) is 12.0 Å². The van der Waals surface area contributed by atoms with Gasteiger partial charge in [0.1, 0.15) is 0 Å². The van der Waals surface area contributed by atoms with E-state index in [2.05, 4.69) is 4.98 Å². The Balaban J connectivity index is 2.14. The van der Waals surface area contributed by atoms with Crippen molar-refractivity contribution < 1.29 is 9.90 Å². The van der Waals surface area contributed by atoms with Gasteiger partial charge in [0.05, 0.1) is 11.8 Å². The van der Waals surface area contributed by atoms with E-state index in [9.17, 15) is 9.90 Å². The molecule has 1 atom stereocenters. The zero-order valence-electron chi connectivity index (χ0n) is 8.97. The maximum absolute atomic E-state index is 12.0. The number of aliphatic hydroxyl groups excluding tert-OH is 1. The van der Waals surface area contributed by atoms with Gasteiger partial charge in [-0.1, -0.05) is 0 Å². The van der Waals surface area contributed by atoms with Crippen molar-refractivity contribution in [2.45, 2.75) is 19.1 Å². The molecule has 0 unspecified atom stereocenters. The molecule has 1 aliphatic heterocycles. The highest BCUT2D eigenvalue weighted by Gasteiger charge is 2.25. The van der Waals surface area contributed by atoms with Crippen molar-refractivity contribution in [3.8, 4) is 0 Å². The van der Waals surface area contributed by atoms with Gasteiger partial charge >= 0.3 is 0 Å². The number of nitrogens with zero attached hydrogens (tertiary/aromatic N) is 2. The van der Waals surface area contributed by atoms with Gasteiger partial charge in [0.2, 0.25) is 0 Å². The van der Waals surface area contributed by atoms with Gasteiger partial charge in [0.15, 0.2) is 0 Å². The summed E-state index contributed by atoms with van der Waals surface area (Å²) in [7, 11) is 0. The third-order valence-corrected chi connectivity index (χ3v) is 2.72. The number of carbonyl (C=O) groups excluding carboxylic acids is 1. The van der Waals surface area contributed by atoms with E-state index >= 15 is 0 Å². The van der Waals surface area contributed by atoms with E-state index in [1.165, 1.54) is 0 Å². The molecule has 2 heterocycles. The molecule has 5 heteroatoms. The third-order valence-electron chi connectivity index (χ3n) is 2.72. The lowest BCUT2D eigenvalue weighted by molar-refractivity contribution is 0.0764. The van der Waals surface area contributed by atoms with Gasteiger partial charge in [-0.3, -0.25) is 9.78 Å². The van der Waals surface area contributed by atoms with E-state index < -0.39 is 0 Å². The molecule has 0 spiro atoms. The molecule has 2 rings (SSSR count). The average molecular weight is 221 g/mol. The molecule has 1 fully saturated rings. The number of likely N-dealkylation sites (tertiary alicyclic amines) is 1. The molecule has 0 bridgehead atoms. The molecule has 1 aliphatic rings. The summed E-state index contributed by atoms with van der Waals surface area (Å²) in [6, 6.07) is 3.37. The number of carbonyl (C=O) groups is 1. The minimum absolute atomic E-state index is 0.0614. The number of hydrogen-bond acceptors (Lipinski definition) is 4. The van der Waals surface area contributed by atoms with E-state index in [1.54, 1.807) is 23.2 Å². The lowest BCUT2D eigenvalue weighted by Crippen LogP contribution is -2.29. The SMILES string of the molecule is NCc1cc(C(=O)N2CC[C@@H](O)C2)ccn1. The summed E-state index contributed by atoms with van der Waals surface area (Å²) in [4.78, 5) is 17.7. The van der Waals surface area contributed by atoms with Gasteiger partial charge in [-0.05, 0) is 18.6 Å². The summed E-state index contributed by atoms with van der Waals surface area (Å²) in [6.07, 6.45) is 1.85. The van der Waals surface area contributed by atoms with Crippen molar-refractivity contribution in [3.63, 3.8) is 0 Å². The van der Waals surface area contributed by atoms with Crippen LogP contribution in [-0.4, -0.2) is 40.1 Å².